The van der Waals surface area contributed by atoms with Gasteiger partial charge in [-0.05, 0) is 118 Å². The van der Waals surface area contributed by atoms with E-state index in [-0.39, 0.29) is 24.6 Å². The predicted octanol–water partition coefficient (Wildman–Crippen LogP) is 8.30. The number of amides is 3. The monoisotopic (exact) mass is 653 g/mol. The van der Waals surface area contributed by atoms with E-state index in [4.69, 9.17) is 14.2 Å². The summed E-state index contributed by atoms with van der Waals surface area (Å²) in [6.45, 7) is 17.6. The molecule has 0 radical (unpaired) electrons. The number of alkyl carbamates (subject to hydrolysis) is 2. The minimum Gasteiger partial charge on any atom is -0.444 e. The van der Waals surface area contributed by atoms with Crippen molar-refractivity contribution in [1.29, 1.82) is 0 Å². The fourth-order valence-corrected chi connectivity index (χ4v) is 4.99. The van der Waals surface area contributed by atoms with Crippen LogP contribution in [0.25, 0.3) is 0 Å². The van der Waals surface area contributed by atoms with Crippen molar-refractivity contribution in [1.82, 2.24) is 15.5 Å². The van der Waals surface area contributed by atoms with Gasteiger partial charge < -0.3 is 29.7 Å². The molecule has 0 heterocycles. The van der Waals surface area contributed by atoms with E-state index in [0.29, 0.717) is 25.9 Å². The van der Waals surface area contributed by atoms with E-state index in [2.05, 4.69) is 59.2 Å². The Kier molecular flexibility index (Phi) is 15.6. The molecule has 0 aliphatic rings. The quantitative estimate of drug-likeness (QED) is 0.187. The maximum absolute atomic E-state index is 13.6. The highest BCUT2D eigenvalue weighted by molar-refractivity contribution is 5.69. The molecule has 0 spiro atoms. The summed E-state index contributed by atoms with van der Waals surface area (Å²) in [7, 11) is 0. The van der Waals surface area contributed by atoms with Crippen molar-refractivity contribution >= 4 is 18.3 Å². The summed E-state index contributed by atoms with van der Waals surface area (Å²) in [6.07, 6.45) is 3.04. The SMILES string of the molecule is CC(C)(C)OC(=O)NCC[C@H](CCN(CC(CCc1ccccc1)CCc1ccccc1)C(=O)OC(C)(C)C)NC(=O)OC(C)(C)C. The average Bonchev–Trinajstić information content (AvgIpc) is 2.94. The van der Waals surface area contributed by atoms with E-state index in [0.717, 1.165) is 25.7 Å². The van der Waals surface area contributed by atoms with Crippen molar-refractivity contribution in [3.05, 3.63) is 71.8 Å². The molecule has 3 amide bonds. The van der Waals surface area contributed by atoms with Gasteiger partial charge in [-0.3, -0.25) is 0 Å². The molecule has 2 aromatic carbocycles. The number of nitrogens with zero attached hydrogens (tertiary/aromatic N) is 1. The molecule has 9 nitrogen and oxygen atoms in total. The second-order valence-corrected chi connectivity index (χ2v) is 15.2. The van der Waals surface area contributed by atoms with Crippen molar-refractivity contribution in [2.45, 2.75) is 124 Å². The highest BCUT2D eigenvalue weighted by atomic mass is 16.6. The van der Waals surface area contributed by atoms with Crippen LogP contribution < -0.4 is 10.6 Å². The van der Waals surface area contributed by atoms with Crippen molar-refractivity contribution < 1.29 is 28.6 Å². The van der Waals surface area contributed by atoms with E-state index >= 15 is 0 Å². The first kappa shape index (κ1) is 39.4. The molecule has 0 bridgehead atoms. The summed E-state index contributed by atoms with van der Waals surface area (Å²) in [5.74, 6) is 0.217. The molecule has 0 fully saturated rings. The third kappa shape index (κ3) is 18.9. The van der Waals surface area contributed by atoms with E-state index in [1.165, 1.54) is 11.1 Å². The third-order valence-corrected chi connectivity index (χ3v) is 7.13. The molecule has 0 saturated heterocycles. The number of rotatable bonds is 15. The Balaban J connectivity index is 2.22. The van der Waals surface area contributed by atoms with Gasteiger partial charge in [0.1, 0.15) is 16.8 Å². The van der Waals surface area contributed by atoms with Crippen molar-refractivity contribution in [3.63, 3.8) is 0 Å². The van der Waals surface area contributed by atoms with Crippen LogP contribution in [0.5, 0.6) is 0 Å². The predicted molar refractivity (Wildman–Crippen MR) is 187 cm³/mol. The van der Waals surface area contributed by atoms with Gasteiger partial charge in [0.2, 0.25) is 0 Å². The summed E-state index contributed by atoms with van der Waals surface area (Å²) in [4.78, 5) is 40.5. The topological polar surface area (TPSA) is 106 Å². The fourth-order valence-electron chi connectivity index (χ4n) is 4.99. The number of carbonyl (C=O) groups is 3. The Morgan fingerprint density at radius 2 is 1.11 bits per heavy atom. The molecule has 0 unspecified atom stereocenters. The van der Waals surface area contributed by atoms with Gasteiger partial charge in [0.05, 0.1) is 0 Å². The van der Waals surface area contributed by atoms with Crippen LogP contribution in [0.15, 0.2) is 60.7 Å². The number of hydrogen-bond donors (Lipinski definition) is 2. The lowest BCUT2D eigenvalue weighted by atomic mass is 9.92. The summed E-state index contributed by atoms with van der Waals surface area (Å²) < 4.78 is 16.8. The first-order valence-electron chi connectivity index (χ1n) is 16.9. The van der Waals surface area contributed by atoms with E-state index in [1.807, 2.05) is 32.9 Å². The Morgan fingerprint density at radius 3 is 1.57 bits per heavy atom. The minimum absolute atomic E-state index is 0.217. The van der Waals surface area contributed by atoms with Crippen LogP contribution in [0, 0.1) is 5.92 Å². The molecule has 9 heteroatoms. The Labute approximate surface area is 283 Å². The van der Waals surface area contributed by atoms with Crippen LogP contribution >= 0.6 is 0 Å². The molecule has 0 aliphatic carbocycles. The highest BCUT2D eigenvalue weighted by Gasteiger charge is 2.27. The molecule has 1 atom stereocenters. The van der Waals surface area contributed by atoms with Crippen molar-refractivity contribution in [2.75, 3.05) is 19.6 Å². The maximum atomic E-state index is 13.6. The molecule has 2 N–H and O–H groups in total. The number of ether oxygens (including phenoxy) is 3. The van der Waals surface area contributed by atoms with Gasteiger partial charge in [-0.1, -0.05) is 60.7 Å². The molecule has 2 aromatic rings. The number of nitrogens with one attached hydrogen (secondary N) is 2. The number of aryl methyl sites for hydroxylation is 2. The van der Waals surface area contributed by atoms with Gasteiger partial charge in [-0.15, -0.1) is 0 Å². The van der Waals surface area contributed by atoms with Gasteiger partial charge >= 0.3 is 18.3 Å². The van der Waals surface area contributed by atoms with E-state index < -0.39 is 29.0 Å². The molecule has 0 aromatic heterocycles. The molecule has 262 valence electrons. The van der Waals surface area contributed by atoms with Crippen molar-refractivity contribution in [2.24, 2.45) is 5.92 Å². The first-order chi connectivity index (χ1) is 21.9. The van der Waals surface area contributed by atoms with Crippen molar-refractivity contribution in [3.8, 4) is 0 Å². The fraction of sp³-hybridized carbons (Fsp3) is 0.605. The average molecular weight is 654 g/mol. The van der Waals surface area contributed by atoms with Crippen LogP contribution in [0.1, 0.15) is 99.1 Å². The van der Waals surface area contributed by atoms with Crippen LogP contribution in [0.3, 0.4) is 0 Å². The Bertz CT molecular complexity index is 1170. The van der Waals surface area contributed by atoms with Gasteiger partial charge in [0.15, 0.2) is 0 Å². The van der Waals surface area contributed by atoms with Gasteiger partial charge in [0.25, 0.3) is 0 Å². The van der Waals surface area contributed by atoms with Gasteiger partial charge in [-0.2, -0.15) is 0 Å². The molecular formula is C38H59N3O6. The molecule has 0 aliphatic heterocycles. The maximum Gasteiger partial charge on any atom is 0.410 e. The van der Waals surface area contributed by atoms with Crippen LogP contribution in [-0.4, -0.2) is 65.7 Å². The second kappa shape index (κ2) is 18.6. The summed E-state index contributed by atoms with van der Waals surface area (Å²) in [5.41, 5.74) is 0.574. The zero-order chi connectivity index (χ0) is 35.1. The standard InChI is InChI=1S/C38H59N3O6/c1-36(2,3)45-33(42)39-26-24-32(40-34(43)46-37(4,5)6)25-27-41(35(44)47-38(7,8)9)28-31(22-20-29-16-12-10-13-17-29)23-21-30-18-14-11-15-19-30/h10-19,31-32H,20-28H2,1-9H3,(H,39,42)(H,40,43)/t32-/m1/s1. The van der Waals surface area contributed by atoms with Crippen LogP contribution in [-0.2, 0) is 27.1 Å². The lowest BCUT2D eigenvalue weighted by molar-refractivity contribution is 0.0205. The number of benzene rings is 2. The van der Waals surface area contributed by atoms with Gasteiger partial charge in [0, 0.05) is 25.7 Å². The number of hydrogen-bond acceptors (Lipinski definition) is 6. The van der Waals surface area contributed by atoms with Gasteiger partial charge in [-0.25, -0.2) is 14.4 Å². The van der Waals surface area contributed by atoms with Crippen LogP contribution in [0.2, 0.25) is 0 Å². The first-order valence-corrected chi connectivity index (χ1v) is 16.9. The number of carbonyl (C=O) groups excluding carboxylic acids is 3. The minimum atomic E-state index is -0.670. The second-order valence-electron chi connectivity index (χ2n) is 15.2. The lowest BCUT2D eigenvalue weighted by Gasteiger charge is -2.32. The molecule has 2 rings (SSSR count). The largest absolute Gasteiger partial charge is 0.444 e. The summed E-state index contributed by atoms with van der Waals surface area (Å²) in [6, 6.07) is 20.4. The zero-order valence-corrected chi connectivity index (χ0v) is 30.2. The molecule has 47 heavy (non-hydrogen) atoms. The smallest absolute Gasteiger partial charge is 0.410 e. The van der Waals surface area contributed by atoms with Crippen LogP contribution in [0.4, 0.5) is 14.4 Å². The zero-order valence-electron chi connectivity index (χ0n) is 30.2. The Hall–Kier alpha value is -3.75. The van der Waals surface area contributed by atoms with E-state index in [1.54, 1.807) is 46.4 Å². The molecular weight excluding hydrogens is 594 g/mol. The normalized spacial score (nSPS) is 12.6. The summed E-state index contributed by atoms with van der Waals surface area (Å²) >= 11 is 0. The highest BCUT2D eigenvalue weighted by Crippen LogP contribution is 2.21. The third-order valence-electron chi connectivity index (χ3n) is 7.13. The summed E-state index contributed by atoms with van der Waals surface area (Å²) in [5, 5.41) is 5.72. The van der Waals surface area contributed by atoms with E-state index in [9.17, 15) is 14.4 Å². The lowest BCUT2D eigenvalue weighted by Crippen LogP contribution is -2.45. The molecule has 0 saturated carbocycles. The Morgan fingerprint density at radius 1 is 0.638 bits per heavy atom.